The van der Waals surface area contributed by atoms with Gasteiger partial charge in [-0.05, 0) is 30.9 Å². The van der Waals surface area contributed by atoms with Crippen molar-refractivity contribution < 1.29 is 4.74 Å². The third kappa shape index (κ3) is 4.27. The molecule has 0 fully saturated rings. The predicted molar refractivity (Wildman–Crippen MR) is 81.3 cm³/mol. The highest BCUT2D eigenvalue weighted by atomic mass is 32.1. The Kier molecular flexibility index (Phi) is 6.44. The lowest BCUT2D eigenvalue weighted by Gasteiger charge is -2.01. The molecule has 2 aromatic rings. The lowest BCUT2D eigenvalue weighted by molar-refractivity contribution is 0.199. The van der Waals surface area contributed by atoms with Gasteiger partial charge in [-0.15, -0.1) is 15.3 Å². The molecule has 2 heterocycles. The fraction of sp³-hybridized carbons (Fsp3) is 0.667. The van der Waals surface area contributed by atoms with Crippen LogP contribution in [0.3, 0.4) is 0 Å². The molecule has 0 aliphatic carbocycles. The molecule has 0 amide bonds. The maximum absolute atomic E-state index is 4.98. The van der Waals surface area contributed by atoms with Crippen LogP contribution in [0.15, 0.2) is 0 Å². The van der Waals surface area contributed by atoms with Crippen molar-refractivity contribution in [3.63, 3.8) is 0 Å². The zero-order valence-electron chi connectivity index (χ0n) is 11.8. The monoisotopic (exact) mass is 313 g/mol. The van der Waals surface area contributed by atoms with Crippen LogP contribution in [0.4, 0.5) is 0 Å². The first-order valence-corrected chi connectivity index (χ1v) is 8.27. The van der Waals surface area contributed by atoms with Crippen LogP contribution in [0.1, 0.15) is 24.0 Å². The van der Waals surface area contributed by atoms with Crippen LogP contribution in [-0.2, 0) is 17.6 Å². The molecule has 0 aliphatic heterocycles. The molecule has 8 heteroatoms. The zero-order chi connectivity index (χ0) is 14.2. The number of methoxy groups -OCH3 is 1. The number of nitrogens with zero attached hydrogens (tertiary/aromatic N) is 4. The van der Waals surface area contributed by atoms with Gasteiger partial charge in [0.1, 0.15) is 9.88 Å². The summed E-state index contributed by atoms with van der Waals surface area (Å²) in [5.41, 5.74) is 1.01. The van der Waals surface area contributed by atoms with Crippen LogP contribution in [0, 0.1) is 0 Å². The molecule has 0 spiro atoms. The second kappa shape index (κ2) is 8.35. The summed E-state index contributed by atoms with van der Waals surface area (Å²) in [6, 6.07) is 0. The van der Waals surface area contributed by atoms with Gasteiger partial charge in [0, 0.05) is 20.1 Å². The third-order valence-electron chi connectivity index (χ3n) is 2.78. The van der Waals surface area contributed by atoms with Gasteiger partial charge in [-0.25, -0.2) is 0 Å². The summed E-state index contributed by atoms with van der Waals surface area (Å²) >= 11 is 3.04. The van der Waals surface area contributed by atoms with Crippen molar-refractivity contribution in [2.75, 3.05) is 26.8 Å². The number of rotatable bonds is 9. The maximum Gasteiger partial charge on any atom is 0.161 e. The molecular formula is C12H19N5OS2. The molecule has 0 aromatic carbocycles. The Hall–Kier alpha value is -0.960. The van der Waals surface area contributed by atoms with E-state index in [1.54, 1.807) is 18.4 Å². The minimum atomic E-state index is 0.751. The van der Waals surface area contributed by atoms with E-state index in [4.69, 9.17) is 4.74 Å². The van der Waals surface area contributed by atoms with Gasteiger partial charge in [0.25, 0.3) is 0 Å². The van der Waals surface area contributed by atoms with Crippen molar-refractivity contribution in [2.45, 2.75) is 26.2 Å². The number of hydrogen-bond donors (Lipinski definition) is 1. The standard InChI is InChI=1S/C12H19N5OS2/c1-3-9-11(20-17-14-9)12-16-15-10(19-12)5-4-6-13-7-8-18-2/h13H,3-8H2,1-2H3. The molecule has 2 rings (SSSR count). The van der Waals surface area contributed by atoms with Crippen molar-refractivity contribution in [1.29, 1.82) is 0 Å². The summed E-state index contributed by atoms with van der Waals surface area (Å²) in [4.78, 5) is 1.06. The lowest BCUT2D eigenvalue weighted by Crippen LogP contribution is -2.20. The van der Waals surface area contributed by atoms with Gasteiger partial charge in [0.05, 0.1) is 12.3 Å². The third-order valence-corrected chi connectivity index (χ3v) is 4.68. The molecule has 0 atom stereocenters. The van der Waals surface area contributed by atoms with Gasteiger partial charge in [-0.2, -0.15) is 0 Å². The molecule has 20 heavy (non-hydrogen) atoms. The van der Waals surface area contributed by atoms with Crippen LogP contribution in [-0.4, -0.2) is 46.6 Å². The van der Waals surface area contributed by atoms with Crippen LogP contribution >= 0.6 is 22.9 Å². The van der Waals surface area contributed by atoms with Gasteiger partial charge in [0.2, 0.25) is 0 Å². The normalized spacial score (nSPS) is 11.1. The van der Waals surface area contributed by atoms with Gasteiger partial charge < -0.3 is 10.1 Å². The molecule has 0 saturated heterocycles. The first-order valence-electron chi connectivity index (χ1n) is 6.68. The van der Waals surface area contributed by atoms with Crippen LogP contribution in [0.25, 0.3) is 9.88 Å². The summed E-state index contributed by atoms with van der Waals surface area (Å²) in [6.07, 6.45) is 2.88. The van der Waals surface area contributed by atoms with E-state index in [9.17, 15) is 0 Å². The van der Waals surface area contributed by atoms with E-state index >= 15 is 0 Å². The first-order chi connectivity index (χ1) is 9.85. The Bertz CT molecular complexity index is 513. The number of aryl methyl sites for hydroxylation is 2. The summed E-state index contributed by atoms with van der Waals surface area (Å²) < 4.78 is 8.97. The summed E-state index contributed by atoms with van der Waals surface area (Å²) in [5, 5.41) is 18.0. The highest BCUT2D eigenvalue weighted by Gasteiger charge is 2.13. The van der Waals surface area contributed by atoms with Gasteiger partial charge in [0.15, 0.2) is 5.01 Å². The van der Waals surface area contributed by atoms with Crippen molar-refractivity contribution in [3.05, 3.63) is 10.7 Å². The largest absolute Gasteiger partial charge is 0.383 e. The average Bonchev–Trinajstić information content (AvgIpc) is 3.10. The van der Waals surface area contributed by atoms with E-state index in [1.165, 1.54) is 11.5 Å². The minimum Gasteiger partial charge on any atom is -0.383 e. The van der Waals surface area contributed by atoms with E-state index in [0.717, 1.165) is 59.5 Å². The molecule has 1 N–H and O–H groups in total. The Labute approximate surface area is 126 Å². The van der Waals surface area contributed by atoms with E-state index in [0.29, 0.717) is 0 Å². The highest BCUT2D eigenvalue weighted by Crippen LogP contribution is 2.29. The number of hydrogen-bond acceptors (Lipinski definition) is 8. The van der Waals surface area contributed by atoms with E-state index in [1.807, 2.05) is 0 Å². The van der Waals surface area contributed by atoms with Gasteiger partial charge >= 0.3 is 0 Å². The maximum atomic E-state index is 4.98. The minimum absolute atomic E-state index is 0.751. The predicted octanol–water partition coefficient (Wildman–Crippen LogP) is 1.79. The lowest BCUT2D eigenvalue weighted by atomic mass is 10.3. The van der Waals surface area contributed by atoms with E-state index in [2.05, 4.69) is 32.0 Å². The summed E-state index contributed by atoms with van der Waals surface area (Å²) in [6.45, 7) is 4.69. The first kappa shape index (κ1) is 15.4. The molecule has 110 valence electrons. The van der Waals surface area contributed by atoms with Crippen molar-refractivity contribution >= 4 is 22.9 Å². The number of nitrogens with one attached hydrogen (secondary N) is 1. The molecule has 6 nitrogen and oxygen atoms in total. The Morgan fingerprint density at radius 1 is 1.20 bits per heavy atom. The molecule has 2 aromatic heterocycles. The smallest absolute Gasteiger partial charge is 0.161 e. The van der Waals surface area contributed by atoms with Crippen LogP contribution in [0.5, 0.6) is 0 Å². The van der Waals surface area contributed by atoms with E-state index in [-0.39, 0.29) is 0 Å². The highest BCUT2D eigenvalue weighted by molar-refractivity contribution is 7.19. The number of aromatic nitrogens is 4. The quantitative estimate of drug-likeness (QED) is 0.712. The molecule has 0 radical (unpaired) electrons. The van der Waals surface area contributed by atoms with Gasteiger partial charge in [-0.1, -0.05) is 22.7 Å². The van der Waals surface area contributed by atoms with Crippen molar-refractivity contribution in [3.8, 4) is 9.88 Å². The number of ether oxygens (including phenoxy) is 1. The second-order valence-electron chi connectivity index (χ2n) is 4.25. The topological polar surface area (TPSA) is 72.8 Å². The van der Waals surface area contributed by atoms with Gasteiger partial charge in [-0.3, -0.25) is 0 Å². The molecule has 0 aliphatic rings. The van der Waals surface area contributed by atoms with E-state index < -0.39 is 0 Å². The fourth-order valence-electron chi connectivity index (χ4n) is 1.71. The van der Waals surface area contributed by atoms with Crippen molar-refractivity contribution in [1.82, 2.24) is 25.1 Å². The van der Waals surface area contributed by atoms with Crippen molar-refractivity contribution in [2.24, 2.45) is 0 Å². The zero-order valence-corrected chi connectivity index (χ0v) is 13.4. The Balaban J connectivity index is 1.81. The molecule has 0 bridgehead atoms. The van der Waals surface area contributed by atoms with Crippen LogP contribution < -0.4 is 5.32 Å². The Morgan fingerprint density at radius 3 is 2.90 bits per heavy atom. The Morgan fingerprint density at radius 2 is 2.10 bits per heavy atom. The average molecular weight is 313 g/mol. The molecule has 0 saturated carbocycles. The molecular weight excluding hydrogens is 294 g/mol. The fourth-order valence-corrected chi connectivity index (χ4v) is 3.42. The molecule has 0 unspecified atom stereocenters. The second-order valence-corrected chi connectivity index (χ2v) is 6.07. The van der Waals surface area contributed by atoms with Crippen LogP contribution in [0.2, 0.25) is 0 Å². The summed E-state index contributed by atoms with van der Waals surface area (Å²) in [5.74, 6) is 0. The SMILES string of the molecule is CCc1nnsc1-c1nnc(CCCNCCOC)s1. The summed E-state index contributed by atoms with van der Waals surface area (Å²) in [7, 11) is 1.71.